The summed E-state index contributed by atoms with van der Waals surface area (Å²) >= 11 is 1.49. The van der Waals surface area contributed by atoms with Gasteiger partial charge < -0.3 is 9.73 Å². The summed E-state index contributed by atoms with van der Waals surface area (Å²) in [7, 11) is 0. The molecule has 2 rings (SSSR count). The van der Waals surface area contributed by atoms with Crippen LogP contribution in [0.1, 0.15) is 37.8 Å². The Morgan fingerprint density at radius 3 is 2.50 bits per heavy atom. The number of hydrogen-bond donors (Lipinski definition) is 1. The van der Waals surface area contributed by atoms with E-state index in [4.69, 9.17) is 4.42 Å². The molecule has 0 amide bonds. The van der Waals surface area contributed by atoms with Crippen LogP contribution in [0, 0.1) is 13.8 Å². The maximum Gasteiger partial charge on any atom is 0.281 e. The summed E-state index contributed by atoms with van der Waals surface area (Å²) < 4.78 is 5.38. The molecule has 0 aliphatic heterocycles. The maximum atomic E-state index is 5.38. The lowest BCUT2D eigenvalue weighted by Crippen LogP contribution is -2.35. The molecule has 0 radical (unpaired) electrons. The normalized spacial score (nSPS) is 11.8. The molecule has 0 atom stereocenters. The number of nitrogens with one attached hydrogen (secondary N) is 1. The van der Waals surface area contributed by atoms with Crippen molar-refractivity contribution in [1.82, 2.24) is 15.5 Å². The molecule has 0 fully saturated rings. The van der Waals surface area contributed by atoms with Crippen molar-refractivity contribution >= 4 is 11.8 Å². The first-order valence-corrected chi connectivity index (χ1v) is 7.48. The molecular weight excluding hydrogens is 270 g/mol. The van der Waals surface area contributed by atoms with Gasteiger partial charge in [-0.25, -0.2) is 0 Å². The second-order valence-electron chi connectivity index (χ2n) is 5.88. The van der Waals surface area contributed by atoms with Gasteiger partial charge in [0.05, 0.1) is 0 Å². The van der Waals surface area contributed by atoms with Gasteiger partial charge >= 0.3 is 0 Å². The third-order valence-electron chi connectivity index (χ3n) is 2.84. The molecule has 1 N–H and O–H groups in total. The standard InChI is InChI=1S/C15H21N3OS/c1-10-8-13(20-14-18-17-11(2)19-14)7-6-12(10)9-16-15(3,4)5/h6-8,16H,9H2,1-5H3. The van der Waals surface area contributed by atoms with E-state index in [-0.39, 0.29) is 5.54 Å². The lowest BCUT2D eigenvalue weighted by molar-refractivity contribution is 0.424. The van der Waals surface area contributed by atoms with Crippen LogP contribution in [0.15, 0.2) is 32.7 Å². The first-order chi connectivity index (χ1) is 9.33. The summed E-state index contributed by atoms with van der Waals surface area (Å²) in [6.07, 6.45) is 0. The number of aromatic nitrogens is 2. The van der Waals surface area contributed by atoms with Crippen molar-refractivity contribution in [2.24, 2.45) is 0 Å². The predicted molar refractivity (Wildman–Crippen MR) is 80.9 cm³/mol. The van der Waals surface area contributed by atoms with Gasteiger partial charge in [0.15, 0.2) is 0 Å². The molecule has 1 aromatic heterocycles. The quantitative estimate of drug-likeness (QED) is 0.930. The highest BCUT2D eigenvalue weighted by molar-refractivity contribution is 7.99. The second-order valence-corrected chi connectivity index (χ2v) is 6.91. The molecule has 108 valence electrons. The summed E-state index contributed by atoms with van der Waals surface area (Å²) in [6.45, 7) is 11.3. The Morgan fingerprint density at radius 1 is 1.20 bits per heavy atom. The van der Waals surface area contributed by atoms with Gasteiger partial charge in [-0.1, -0.05) is 6.07 Å². The molecule has 0 aliphatic carbocycles. The van der Waals surface area contributed by atoms with E-state index in [1.807, 2.05) is 0 Å². The third kappa shape index (κ3) is 4.35. The van der Waals surface area contributed by atoms with Crippen LogP contribution in [0.3, 0.4) is 0 Å². The molecule has 5 heteroatoms. The largest absolute Gasteiger partial charge is 0.416 e. The van der Waals surface area contributed by atoms with Gasteiger partial charge in [0.25, 0.3) is 5.22 Å². The fourth-order valence-corrected chi connectivity index (χ4v) is 2.53. The zero-order chi connectivity index (χ0) is 14.8. The highest BCUT2D eigenvalue weighted by atomic mass is 32.2. The molecule has 1 heterocycles. The molecule has 0 unspecified atom stereocenters. The van der Waals surface area contributed by atoms with E-state index in [9.17, 15) is 0 Å². The van der Waals surface area contributed by atoms with Crippen molar-refractivity contribution < 1.29 is 4.42 Å². The summed E-state index contributed by atoms with van der Waals surface area (Å²) in [4.78, 5) is 1.12. The molecule has 1 aromatic carbocycles. The monoisotopic (exact) mass is 291 g/mol. The van der Waals surface area contributed by atoms with E-state index in [1.165, 1.54) is 22.9 Å². The van der Waals surface area contributed by atoms with Gasteiger partial charge in [-0.05, 0) is 62.7 Å². The van der Waals surface area contributed by atoms with Crippen molar-refractivity contribution in [3.8, 4) is 0 Å². The molecule has 0 saturated heterocycles. The van der Waals surface area contributed by atoms with E-state index in [2.05, 4.69) is 61.4 Å². The van der Waals surface area contributed by atoms with Crippen LogP contribution in [0.4, 0.5) is 0 Å². The highest BCUT2D eigenvalue weighted by Crippen LogP contribution is 2.28. The first kappa shape index (κ1) is 15.1. The number of rotatable bonds is 4. The van der Waals surface area contributed by atoms with Crippen molar-refractivity contribution in [3.63, 3.8) is 0 Å². The molecule has 2 aromatic rings. The van der Waals surface area contributed by atoms with Crippen LogP contribution < -0.4 is 5.32 Å². The molecule has 0 spiro atoms. The van der Waals surface area contributed by atoms with Crippen LogP contribution >= 0.6 is 11.8 Å². The Morgan fingerprint density at radius 2 is 1.95 bits per heavy atom. The van der Waals surface area contributed by atoms with Crippen molar-refractivity contribution in [1.29, 1.82) is 0 Å². The van der Waals surface area contributed by atoms with Gasteiger partial charge in [0.1, 0.15) is 0 Å². The Hall–Kier alpha value is -1.33. The Bertz CT molecular complexity index is 587. The minimum absolute atomic E-state index is 0.126. The smallest absolute Gasteiger partial charge is 0.281 e. The third-order valence-corrected chi connectivity index (χ3v) is 3.67. The van der Waals surface area contributed by atoms with Crippen LogP contribution in [0.5, 0.6) is 0 Å². The Balaban J connectivity index is 2.05. The molecule has 0 saturated carbocycles. The fourth-order valence-electron chi connectivity index (χ4n) is 1.71. The Labute approximate surface area is 124 Å². The number of hydrogen-bond acceptors (Lipinski definition) is 5. The van der Waals surface area contributed by atoms with E-state index in [0.29, 0.717) is 11.1 Å². The van der Waals surface area contributed by atoms with Gasteiger partial charge in [0.2, 0.25) is 5.89 Å². The average molecular weight is 291 g/mol. The van der Waals surface area contributed by atoms with E-state index < -0.39 is 0 Å². The number of benzene rings is 1. The Kier molecular flexibility index (Phi) is 4.50. The van der Waals surface area contributed by atoms with Crippen LogP contribution in [-0.2, 0) is 6.54 Å². The van der Waals surface area contributed by atoms with Crippen molar-refractivity contribution in [2.45, 2.75) is 56.8 Å². The lowest BCUT2D eigenvalue weighted by Gasteiger charge is -2.21. The number of nitrogens with zero attached hydrogens (tertiary/aromatic N) is 2. The van der Waals surface area contributed by atoms with Crippen molar-refractivity contribution in [3.05, 3.63) is 35.2 Å². The van der Waals surface area contributed by atoms with Crippen LogP contribution in [0.25, 0.3) is 0 Å². The summed E-state index contributed by atoms with van der Waals surface area (Å²) in [6, 6.07) is 6.40. The zero-order valence-corrected chi connectivity index (χ0v) is 13.5. The van der Waals surface area contributed by atoms with Gasteiger partial charge in [-0.2, -0.15) is 0 Å². The topological polar surface area (TPSA) is 51.0 Å². The number of aryl methyl sites for hydroxylation is 2. The minimum atomic E-state index is 0.126. The SMILES string of the molecule is Cc1nnc(Sc2ccc(CNC(C)(C)C)c(C)c2)o1. The van der Waals surface area contributed by atoms with Gasteiger partial charge in [-0.15, -0.1) is 10.2 Å². The van der Waals surface area contributed by atoms with E-state index in [0.717, 1.165) is 11.4 Å². The summed E-state index contributed by atoms with van der Waals surface area (Å²) in [5.74, 6) is 0.593. The molecule has 0 bridgehead atoms. The summed E-state index contributed by atoms with van der Waals surface area (Å²) in [5.41, 5.74) is 2.70. The first-order valence-electron chi connectivity index (χ1n) is 6.66. The van der Waals surface area contributed by atoms with E-state index in [1.54, 1.807) is 6.92 Å². The van der Waals surface area contributed by atoms with Crippen LogP contribution in [0.2, 0.25) is 0 Å². The second kappa shape index (κ2) is 5.97. The average Bonchev–Trinajstić information content (AvgIpc) is 2.72. The minimum Gasteiger partial charge on any atom is -0.416 e. The highest BCUT2D eigenvalue weighted by Gasteiger charge is 2.10. The fraction of sp³-hybridized carbons (Fsp3) is 0.467. The molecule has 0 aliphatic rings. The van der Waals surface area contributed by atoms with Crippen LogP contribution in [-0.4, -0.2) is 15.7 Å². The summed E-state index contributed by atoms with van der Waals surface area (Å²) in [5, 5.41) is 11.9. The molecule has 20 heavy (non-hydrogen) atoms. The van der Waals surface area contributed by atoms with Crippen molar-refractivity contribution in [2.75, 3.05) is 0 Å². The molecule has 4 nitrogen and oxygen atoms in total. The lowest BCUT2D eigenvalue weighted by atomic mass is 10.1. The zero-order valence-electron chi connectivity index (χ0n) is 12.7. The van der Waals surface area contributed by atoms with Gasteiger partial charge in [-0.3, -0.25) is 0 Å². The van der Waals surface area contributed by atoms with Gasteiger partial charge in [0, 0.05) is 23.9 Å². The maximum absolute atomic E-state index is 5.38. The predicted octanol–water partition coefficient (Wildman–Crippen LogP) is 3.73. The van der Waals surface area contributed by atoms with E-state index >= 15 is 0 Å². The molecular formula is C15H21N3OS.